The van der Waals surface area contributed by atoms with Gasteiger partial charge in [0, 0.05) is 0 Å². The van der Waals surface area contributed by atoms with Crippen LogP contribution in [0.3, 0.4) is 0 Å². The number of nitrogens with one attached hydrogen (secondary N) is 1. The second-order valence-corrected chi connectivity index (χ2v) is 6.81. The van der Waals surface area contributed by atoms with Crippen molar-refractivity contribution in [1.82, 2.24) is 25.1 Å². The van der Waals surface area contributed by atoms with Gasteiger partial charge in [0.2, 0.25) is 0 Å². The largest absolute Gasteiger partial charge is 0.344 e. The number of hydrogen-bond acceptors (Lipinski definition) is 4. The van der Waals surface area contributed by atoms with Crippen molar-refractivity contribution in [2.24, 2.45) is 0 Å². The highest BCUT2D eigenvalue weighted by Crippen LogP contribution is 2.36. The van der Waals surface area contributed by atoms with Crippen LogP contribution in [0.15, 0.2) is 36.9 Å². The molecule has 0 spiro atoms. The van der Waals surface area contributed by atoms with E-state index in [1.165, 1.54) is 6.33 Å². The Morgan fingerprint density at radius 2 is 1.77 bits per heavy atom. The molecule has 134 valence electrons. The van der Waals surface area contributed by atoms with Gasteiger partial charge in [-0.05, 0) is 24.6 Å². The van der Waals surface area contributed by atoms with E-state index in [1.54, 1.807) is 11.0 Å². The smallest absolute Gasteiger partial charge is 0.272 e. The number of amides is 1. The summed E-state index contributed by atoms with van der Waals surface area (Å²) in [6.45, 7) is 1.83. The first-order valence-corrected chi connectivity index (χ1v) is 8.85. The summed E-state index contributed by atoms with van der Waals surface area (Å²) in [7, 11) is 0. The summed E-state index contributed by atoms with van der Waals surface area (Å²) in [5, 5.41) is 6.72. The fourth-order valence-electron chi connectivity index (χ4n) is 2.24. The number of nitrogens with zero attached hydrogens (tertiary/aromatic N) is 4. The maximum absolute atomic E-state index is 12.5. The lowest BCUT2D eigenvalue weighted by Crippen LogP contribution is -2.28. The average molecular weight is 431 g/mol. The van der Waals surface area contributed by atoms with Crippen molar-refractivity contribution in [2.75, 3.05) is 0 Å². The van der Waals surface area contributed by atoms with Crippen LogP contribution in [0.1, 0.15) is 29.0 Å². The molecule has 0 aliphatic carbocycles. The summed E-state index contributed by atoms with van der Waals surface area (Å²) in [6, 6.07) is 7.18. The Bertz CT molecular complexity index is 944. The molecule has 1 aromatic carbocycles. The van der Waals surface area contributed by atoms with Crippen LogP contribution < -0.4 is 5.32 Å². The van der Waals surface area contributed by atoms with E-state index in [4.69, 9.17) is 46.4 Å². The molecule has 0 radical (unpaired) electrons. The molecule has 2 heterocycles. The number of rotatable bonds is 4. The maximum atomic E-state index is 12.5. The second kappa shape index (κ2) is 7.80. The zero-order valence-electron chi connectivity index (χ0n) is 13.3. The predicted molar refractivity (Wildman–Crippen MR) is 102 cm³/mol. The number of hydrogen-bond donors (Lipinski definition) is 1. The molecule has 6 nitrogen and oxygen atoms in total. The van der Waals surface area contributed by atoms with Crippen molar-refractivity contribution in [1.29, 1.82) is 0 Å². The molecule has 0 fully saturated rings. The molecule has 3 rings (SSSR count). The molecule has 3 aromatic rings. The van der Waals surface area contributed by atoms with Gasteiger partial charge in [-0.2, -0.15) is 5.10 Å². The third-order valence-electron chi connectivity index (χ3n) is 3.62. The molecular formula is C16H11Cl4N5O. The molecule has 26 heavy (non-hydrogen) atoms. The highest BCUT2D eigenvalue weighted by Gasteiger charge is 2.21. The van der Waals surface area contributed by atoms with Crippen molar-refractivity contribution < 1.29 is 4.79 Å². The van der Waals surface area contributed by atoms with Gasteiger partial charge in [0.25, 0.3) is 5.91 Å². The van der Waals surface area contributed by atoms with Crippen molar-refractivity contribution in [3.8, 4) is 5.69 Å². The summed E-state index contributed by atoms with van der Waals surface area (Å²) in [4.78, 5) is 20.3. The quantitative estimate of drug-likeness (QED) is 0.605. The fraction of sp³-hybridized carbons (Fsp3) is 0.125. The highest BCUT2D eigenvalue weighted by molar-refractivity contribution is 6.52. The number of halogens is 4. The summed E-state index contributed by atoms with van der Waals surface area (Å²) in [6.07, 6.45) is 3.05. The standard InChI is InChI=1S/C16H11Cl4N5O/c1-8(9-2-4-10(5-3-9)25-7-21-6-22-25)23-16(26)14-12(18)11(17)13(19)15(20)24-14/h2-8H,1H3,(H,23,26). The number of aromatic nitrogens is 4. The monoisotopic (exact) mass is 429 g/mol. The van der Waals surface area contributed by atoms with Crippen molar-refractivity contribution in [2.45, 2.75) is 13.0 Å². The van der Waals surface area contributed by atoms with Gasteiger partial charge in [0.1, 0.15) is 23.5 Å². The molecule has 2 aromatic heterocycles. The van der Waals surface area contributed by atoms with E-state index in [9.17, 15) is 4.79 Å². The molecule has 0 aliphatic heterocycles. The Kier molecular flexibility index (Phi) is 5.67. The number of pyridine rings is 1. The molecule has 0 saturated carbocycles. The van der Waals surface area contributed by atoms with Crippen LogP contribution in [0.2, 0.25) is 20.2 Å². The fourth-order valence-corrected chi connectivity index (χ4v) is 3.06. The minimum Gasteiger partial charge on any atom is -0.344 e. The SMILES string of the molecule is CC(NC(=O)c1nc(Cl)c(Cl)c(Cl)c1Cl)c1ccc(-n2cncn2)cc1. The Hall–Kier alpha value is -1.86. The second-order valence-electron chi connectivity index (χ2n) is 5.32. The van der Waals surface area contributed by atoms with Crippen LogP contribution in [0.5, 0.6) is 0 Å². The van der Waals surface area contributed by atoms with Gasteiger partial charge in [-0.25, -0.2) is 14.6 Å². The predicted octanol–water partition coefficient (Wildman–Crippen LogP) is 4.77. The first kappa shape index (κ1) is 18.9. The molecule has 1 unspecified atom stereocenters. The number of carbonyl (C=O) groups excluding carboxylic acids is 1. The summed E-state index contributed by atoms with van der Waals surface area (Å²) in [5.41, 5.74) is 1.65. The first-order valence-electron chi connectivity index (χ1n) is 7.34. The van der Waals surface area contributed by atoms with Gasteiger partial charge in [-0.3, -0.25) is 4.79 Å². The van der Waals surface area contributed by atoms with E-state index in [-0.39, 0.29) is 32.0 Å². The molecule has 1 N–H and O–H groups in total. The topological polar surface area (TPSA) is 72.7 Å². The van der Waals surface area contributed by atoms with Gasteiger partial charge in [0.15, 0.2) is 0 Å². The third-order valence-corrected chi connectivity index (χ3v) is 5.30. The molecule has 10 heteroatoms. The van der Waals surface area contributed by atoms with Gasteiger partial charge >= 0.3 is 0 Å². The van der Waals surface area contributed by atoms with Gasteiger partial charge in [0.05, 0.1) is 26.8 Å². The normalized spacial score (nSPS) is 12.0. The minimum atomic E-state index is -0.511. The lowest BCUT2D eigenvalue weighted by Gasteiger charge is -2.16. The first-order chi connectivity index (χ1) is 12.4. The molecule has 0 saturated heterocycles. The van der Waals surface area contributed by atoms with Crippen LogP contribution in [-0.4, -0.2) is 25.7 Å². The Balaban J connectivity index is 1.78. The molecule has 1 amide bonds. The number of benzene rings is 1. The van der Waals surface area contributed by atoms with Crippen molar-refractivity contribution >= 4 is 52.3 Å². The zero-order chi connectivity index (χ0) is 18.8. The molecule has 0 aliphatic rings. The van der Waals surface area contributed by atoms with Crippen LogP contribution in [0, 0.1) is 0 Å². The Morgan fingerprint density at radius 1 is 1.08 bits per heavy atom. The van der Waals surface area contributed by atoms with E-state index < -0.39 is 5.91 Å². The van der Waals surface area contributed by atoms with E-state index in [0.717, 1.165) is 11.3 Å². The minimum absolute atomic E-state index is 0.00614. The van der Waals surface area contributed by atoms with E-state index in [1.807, 2.05) is 31.2 Å². The lowest BCUT2D eigenvalue weighted by atomic mass is 10.1. The van der Waals surface area contributed by atoms with Crippen LogP contribution >= 0.6 is 46.4 Å². The van der Waals surface area contributed by atoms with Gasteiger partial charge < -0.3 is 5.32 Å². The van der Waals surface area contributed by atoms with Crippen LogP contribution in [0.4, 0.5) is 0 Å². The Morgan fingerprint density at radius 3 is 2.38 bits per heavy atom. The number of carbonyl (C=O) groups is 1. The van der Waals surface area contributed by atoms with Crippen molar-refractivity contribution in [3.63, 3.8) is 0 Å². The van der Waals surface area contributed by atoms with Gasteiger partial charge in [-0.1, -0.05) is 58.5 Å². The maximum Gasteiger partial charge on any atom is 0.272 e. The molecular weight excluding hydrogens is 420 g/mol. The summed E-state index contributed by atoms with van der Waals surface area (Å²) in [5.74, 6) is -0.511. The summed E-state index contributed by atoms with van der Waals surface area (Å²) >= 11 is 23.8. The van der Waals surface area contributed by atoms with Crippen LogP contribution in [0.25, 0.3) is 5.69 Å². The zero-order valence-corrected chi connectivity index (χ0v) is 16.3. The van der Waals surface area contributed by atoms with Gasteiger partial charge in [-0.15, -0.1) is 0 Å². The Labute approximate surface area is 169 Å². The van der Waals surface area contributed by atoms with E-state index in [2.05, 4.69) is 20.4 Å². The summed E-state index contributed by atoms with van der Waals surface area (Å²) < 4.78 is 1.63. The van der Waals surface area contributed by atoms with Crippen LogP contribution in [-0.2, 0) is 0 Å². The molecule has 0 bridgehead atoms. The van der Waals surface area contributed by atoms with Crippen molar-refractivity contribution in [3.05, 3.63) is 68.4 Å². The average Bonchev–Trinajstić information content (AvgIpc) is 3.17. The lowest BCUT2D eigenvalue weighted by molar-refractivity contribution is 0.0935. The van der Waals surface area contributed by atoms with E-state index in [0.29, 0.717) is 0 Å². The third kappa shape index (κ3) is 3.78. The molecule has 1 atom stereocenters. The highest BCUT2D eigenvalue weighted by atomic mass is 35.5. The van der Waals surface area contributed by atoms with E-state index >= 15 is 0 Å².